The summed E-state index contributed by atoms with van der Waals surface area (Å²) in [5.74, 6) is 0.271. The lowest BCUT2D eigenvalue weighted by molar-refractivity contribution is -0.132. The molecule has 0 spiro atoms. The van der Waals surface area contributed by atoms with Crippen molar-refractivity contribution in [3.8, 4) is 0 Å². The van der Waals surface area contributed by atoms with Gasteiger partial charge in [-0.15, -0.1) is 0 Å². The summed E-state index contributed by atoms with van der Waals surface area (Å²) in [6, 6.07) is 0. The van der Waals surface area contributed by atoms with Crippen LogP contribution in [0.3, 0.4) is 0 Å². The number of rotatable bonds is 5. The van der Waals surface area contributed by atoms with E-state index in [0.717, 1.165) is 26.1 Å². The zero-order valence-electron chi connectivity index (χ0n) is 9.83. The first kappa shape index (κ1) is 12.5. The summed E-state index contributed by atoms with van der Waals surface area (Å²) < 4.78 is 5.33. The fourth-order valence-corrected chi connectivity index (χ4v) is 1.88. The number of hydrogen-bond donors (Lipinski definition) is 0. The van der Waals surface area contributed by atoms with Crippen LogP contribution < -0.4 is 0 Å². The Labute approximate surface area is 92.8 Å². The number of likely N-dealkylation sites (tertiary alicyclic amines) is 1. The van der Waals surface area contributed by atoms with Gasteiger partial charge in [0.1, 0.15) is 0 Å². The molecule has 0 bridgehead atoms. The van der Waals surface area contributed by atoms with Crippen LogP contribution in [-0.2, 0) is 9.53 Å². The maximum Gasteiger partial charge on any atom is 0.224 e. The Morgan fingerprint density at radius 1 is 1.13 bits per heavy atom. The van der Waals surface area contributed by atoms with Crippen molar-refractivity contribution in [1.82, 2.24) is 4.90 Å². The molecule has 0 radical (unpaired) electrons. The molecule has 1 aliphatic rings. The van der Waals surface area contributed by atoms with E-state index in [9.17, 15) is 4.79 Å². The summed E-state index contributed by atoms with van der Waals surface area (Å²) in [5, 5.41) is 0. The monoisotopic (exact) mass is 213 g/mol. The van der Waals surface area contributed by atoms with Crippen molar-refractivity contribution in [3.05, 3.63) is 0 Å². The minimum Gasteiger partial charge on any atom is -0.381 e. The second kappa shape index (κ2) is 7.69. The molecule has 0 saturated carbocycles. The van der Waals surface area contributed by atoms with Gasteiger partial charge in [-0.1, -0.05) is 19.8 Å². The first-order valence-corrected chi connectivity index (χ1v) is 6.20. The lowest BCUT2D eigenvalue weighted by Gasteiger charge is -2.20. The molecule has 0 atom stereocenters. The van der Waals surface area contributed by atoms with Crippen molar-refractivity contribution >= 4 is 5.91 Å². The second-order valence-corrected chi connectivity index (χ2v) is 4.16. The molecule has 0 aromatic carbocycles. The van der Waals surface area contributed by atoms with Crippen LogP contribution in [0.15, 0.2) is 0 Å². The summed E-state index contributed by atoms with van der Waals surface area (Å²) in [6.45, 7) is 5.34. The fraction of sp³-hybridized carbons (Fsp3) is 0.917. The average Bonchev–Trinajstić information content (AvgIpc) is 2.52. The first-order valence-electron chi connectivity index (χ1n) is 6.20. The molecule has 0 N–H and O–H groups in total. The molecule has 1 heterocycles. The maximum absolute atomic E-state index is 11.8. The van der Waals surface area contributed by atoms with Crippen molar-refractivity contribution < 1.29 is 9.53 Å². The Morgan fingerprint density at radius 2 is 1.80 bits per heavy atom. The Morgan fingerprint density at radius 3 is 2.40 bits per heavy atom. The molecule has 1 saturated heterocycles. The predicted octanol–water partition coefficient (Wildman–Crippen LogP) is 2.21. The Hall–Kier alpha value is -0.570. The molecule has 3 heteroatoms. The maximum atomic E-state index is 11.8. The van der Waals surface area contributed by atoms with E-state index in [1.807, 2.05) is 4.90 Å². The molecular weight excluding hydrogens is 190 g/mol. The van der Waals surface area contributed by atoms with Gasteiger partial charge in [0.25, 0.3) is 0 Å². The van der Waals surface area contributed by atoms with Crippen LogP contribution >= 0.6 is 0 Å². The van der Waals surface area contributed by atoms with Gasteiger partial charge in [-0.05, 0) is 19.3 Å². The molecule has 1 rings (SSSR count). The normalized spacial score (nSPS) is 17.5. The summed E-state index contributed by atoms with van der Waals surface area (Å²) in [4.78, 5) is 13.8. The van der Waals surface area contributed by atoms with E-state index in [1.54, 1.807) is 0 Å². The minimum absolute atomic E-state index is 0.271. The number of ether oxygens (including phenoxy) is 1. The van der Waals surface area contributed by atoms with Crippen LogP contribution in [-0.4, -0.2) is 37.1 Å². The Balaban J connectivity index is 2.14. The van der Waals surface area contributed by atoms with Crippen LogP contribution in [0, 0.1) is 0 Å². The molecule has 0 aromatic heterocycles. The van der Waals surface area contributed by atoms with Gasteiger partial charge in [0, 0.05) is 19.7 Å². The van der Waals surface area contributed by atoms with Crippen LogP contribution in [0.2, 0.25) is 0 Å². The molecule has 3 nitrogen and oxygen atoms in total. The van der Waals surface area contributed by atoms with Crippen molar-refractivity contribution in [2.24, 2.45) is 0 Å². The number of carbonyl (C=O) groups is 1. The van der Waals surface area contributed by atoms with E-state index in [-0.39, 0.29) is 5.91 Å². The van der Waals surface area contributed by atoms with Gasteiger partial charge in [0.15, 0.2) is 0 Å². The van der Waals surface area contributed by atoms with E-state index in [1.165, 1.54) is 25.7 Å². The summed E-state index contributed by atoms with van der Waals surface area (Å²) in [5.41, 5.74) is 0. The zero-order chi connectivity index (χ0) is 10.9. The topological polar surface area (TPSA) is 29.5 Å². The third kappa shape index (κ3) is 5.17. The highest BCUT2D eigenvalue weighted by molar-refractivity contribution is 5.76. The SMILES string of the molecule is CCCOCCC(=O)N1CCCCCC1. The molecule has 1 fully saturated rings. The smallest absolute Gasteiger partial charge is 0.224 e. The minimum atomic E-state index is 0.271. The van der Waals surface area contributed by atoms with Crippen molar-refractivity contribution in [2.75, 3.05) is 26.3 Å². The fourth-order valence-electron chi connectivity index (χ4n) is 1.88. The Bertz CT molecular complexity index is 174. The highest BCUT2D eigenvalue weighted by Gasteiger charge is 2.14. The number of carbonyl (C=O) groups excluding carboxylic acids is 1. The Kier molecular flexibility index (Phi) is 6.41. The lowest BCUT2D eigenvalue weighted by atomic mass is 10.2. The van der Waals surface area contributed by atoms with Crippen LogP contribution in [0.4, 0.5) is 0 Å². The third-order valence-corrected chi connectivity index (χ3v) is 2.77. The first-order chi connectivity index (χ1) is 7.34. The molecule has 15 heavy (non-hydrogen) atoms. The van der Waals surface area contributed by atoms with Gasteiger partial charge in [-0.25, -0.2) is 0 Å². The van der Waals surface area contributed by atoms with Gasteiger partial charge < -0.3 is 9.64 Å². The van der Waals surface area contributed by atoms with Gasteiger partial charge >= 0.3 is 0 Å². The summed E-state index contributed by atoms with van der Waals surface area (Å²) >= 11 is 0. The van der Waals surface area contributed by atoms with E-state index in [4.69, 9.17) is 4.74 Å². The van der Waals surface area contributed by atoms with Crippen LogP contribution in [0.5, 0.6) is 0 Å². The second-order valence-electron chi connectivity index (χ2n) is 4.16. The zero-order valence-corrected chi connectivity index (χ0v) is 9.83. The van der Waals surface area contributed by atoms with E-state index >= 15 is 0 Å². The molecule has 1 aliphatic heterocycles. The van der Waals surface area contributed by atoms with Crippen LogP contribution in [0.1, 0.15) is 45.4 Å². The van der Waals surface area contributed by atoms with Crippen molar-refractivity contribution in [2.45, 2.75) is 45.4 Å². The van der Waals surface area contributed by atoms with Gasteiger partial charge in [-0.2, -0.15) is 0 Å². The summed E-state index contributed by atoms with van der Waals surface area (Å²) in [7, 11) is 0. The predicted molar refractivity (Wildman–Crippen MR) is 60.8 cm³/mol. The molecule has 1 amide bonds. The number of nitrogens with zero attached hydrogens (tertiary/aromatic N) is 1. The van der Waals surface area contributed by atoms with Gasteiger partial charge in [0.05, 0.1) is 13.0 Å². The average molecular weight is 213 g/mol. The van der Waals surface area contributed by atoms with Crippen molar-refractivity contribution in [3.63, 3.8) is 0 Å². The highest BCUT2D eigenvalue weighted by atomic mass is 16.5. The van der Waals surface area contributed by atoms with Crippen LogP contribution in [0.25, 0.3) is 0 Å². The van der Waals surface area contributed by atoms with Crippen molar-refractivity contribution in [1.29, 1.82) is 0 Å². The van der Waals surface area contributed by atoms with E-state index in [2.05, 4.69) is 6.92 Å². The molecule has 88 valence electrons. The molecule has 0 aromatic rings. The number of hydrogen-bond acceptors (Lipinski definition) is 2. The largest absolute Gasteiger partial charge is 0.381 e. The quantitative estimate of drug-likeness (QED) is 0.655. The van der Waals surface area contributed by atoms with Gasteiger partial charge in [0.2, 0.25) is 5.91 Å². The lowest BCUT2D eigenvalue weighted by Crippen LogP contribution is -2.32. The van der Waals surface area contributed by atoms with E-state index < -0.39 is 0 Å². The standard InChI is InChI=1S/C12H23NO2/c1-2-10-15-11-7-12(14)13-8-5-3-4-6-9-13/h2-11H2,1H3. The van der Waals surface area contributed by atoms with Gasteiger partial charge in [-0.3, -0.25) is 4.79 Å². The highest BCUT2D eigenvalue weighted by Crippen LogP contribution is 2.10. The molecule has 0 unspecified atom stereocenters. The molecular formula is C12H23NO2. The molecule has 0 aliphatic carbocycles. The third-order valence-electron chi connectivity index (χ3n) is 2.77. The van der Waals surface area contributed by atoms with E-state index in [0.29, 0.717) is 13.0 Å². The number of amides is 1. The summed E-state index contributed by atoms with van der Waals surface area (Å²) in [6.07, 6.45) is 6.47.